The van der Waals surface area contributed by atoms with Gasteiger partial charge in [-0.3, -0.25) is 4.79 Å². The quantitative estimate of drug-likeness (QED) is 0.834. The summed E-state index contributed by atoms with van der Waals surface area (Å²) < 4.78 is 0.768. The summed E-state index contributed by atoms with van der Waals surface area (Å²) in [6.07, 6.45) is 0. The zero-order valence-corrected chi connectivity index (χ0v) is 8.71. The first kappa shape index (κ1) is 10.2. The van der Waals surface area contributed by atoms with Crippen LogP contribution in [0.4, 0.5) is 0 Å². The lowest BCUT2D eigenvalue weighted by atomic mass is 10.1. The van der Waals surface area contributed by atoms with E-state index in [0.717, 1.165) is 10.0 Å². The number of hydrogen-bond donors (Lipinski definition) is 2. The van der Waals surface area contributed by atoms with Crippen molar-refractivity contribution in [2.75, 3.05) is 0 Å². The lowest BCUT2D eigenvalue weighted by Gasteiger charge is -2.10. The number of carbonyl (C=O) groups is 1. The predicted octanol–water partition coefficient (Wildman–Crippen LogP) is 1.84. The molecule has 70 valence electrons. The van der Waals surface area contributed by atoms with E-state index in [4.69, 9.17) is 10.8 Å². The molecule has 0 saturated heterocycles. The number of aryl methyl sites for hydroxylation is 1. The Morgan fingerprint density at radius 2 is 2.23 bits per heavy atom. The highest BCUT2D eigenvalue weighted by Gasteiger charge is 2.17. The lowest BCUT2D eigenvalue weighted by Crippen LogP contribution is -2.21. The Hall–Kier alpha value is -0.870. The smallest absolute Gasteiger partial charge is 0.325 e. The Morgan fingerprint density at radius 3 is 2.77 bits per heavy atom. The summed E-state index contributed by atoms with van der Waals surface area (Å²) in [4.78, 5) is 10.6. The van der Waals surface area contributed by atoms with Crippen LogP contribution < -0.4 is 5.73 Å². The molecule has 1 unspecified atom stereocenters. The van der Waals surface area contributed by atoms with Crippen molar-refractivity contribution >= 4 is 21.9 Å². The van der Waals surface area contributed by atoms with Gasteiger partial charge < -0.3 is 10.8 Å². The molecule has 0 spiro atoms. The van der Waals surface area contributed by atoms with Gasteiger partial charge in [-0.25, -0.2) is 0 Å². The topological polar surface area (TPSA) is 63.3 Å². The Balaban J connectivity index is 3.15. The molecule has 0 fully saturated rings. The maximum atomic E-state index is 10.6. The molecule has 0 aliphatic heterocycles. The average Bonchev–Trinajstić information content (AvgIpc) is 2.08. The van der Waals surface area contributed by atoms with Crippen LogP contribution in [-0.4, -0.2) is 11.1 Å². The van der Waals surface area contributed by atoms with Gasteiger partial charge in [0.25, 0.3) is 0 Å². The van der Waals surface area contributed by atoms with Gasteiger partial charge in [-0.15, -0.1) is 0 Å². The van der Waals surface area contributed by atoms with Crippen molar-refractivity contribution in [2.24, 2.45) is 5.73 Å². The Labute approximate surface area is 84.7 Å². The van der Waals surface area contributed by atoms with E-state index in [-0.39, 0.29) is 0 Å². The van der Waals surface area contributed by atoms with Crippen LogP contribution in [0.3, 0.4) is 0 Å². The molecule has 0 bridgehead atoms. The zero-order valence-electron chi connectivity index (χ0n) is 7.12. The van der Waals surface area contributed by atoms with Gasteiger partial charge in [0.15, 0.2) is 0 Å². The van der Waals surface area contributed by atoms with Crippen molar-refractivity contribution in [1.82, 2.24) is 0 Å². The highest BCUT2D eigenvalue weighted by atomic mass is 79.9. The molecule has 0 saturated carbocycles. The summed E-state index contributed by atoms with van der Waals surface area (Å²) in [5, 5.41) is 8.70. The second-order valence-corrected chi connectivity index (χ2v) is 3.59. The van der Waals surface area contributed by atoms with Crippen LogP contribution in [0.25, 0.3) is 0 Å². The second kappa shape index (κ2) is 3.89. The molecule has 13 heavy (non-hydrogen) atoms. The molecule has 1 rings (SSSR count). The minimum absolute atomic E-state index is 0.604. The Bertz CT molecular complexity index is 338. The molecular formula is C9H10BrNO2. The van der Waals surface area contributed by atoms with Crippen molar-refractivity contribution < 1.29 is 9.90 Å². The van der Waals surface area contributed by atoms with E-state index >= 15 is 0 Å². The number of rotatable bonds is 2. The summed E-state index contributed by atoms with van der Waals surface area (Å²) in [6, 6.07) is 4.42. The third kappa shape index (κ3) is 2.08. The Kier molecular flexibility index (Phi) is 3.06. The third-order valence-electron chi connectivity index (χ3n) is 1.82. The number of aliphatic carboxylic acids is 1. The van der Waals surface area contributed by atoms with Crippen LogP contribution in [0.5, 0.6) is 0 Å². The van der Waals surface area contributed by atoms with Crippen molar-refractivity contribution in [3.05, 3.63) is 33.8 Å². The fraction of sp³-hybridized carbons (Fsp3) is 0.222. The first-order valence-electron chi connectivity index (χ1n) is 3.77. The van der Waals surface area contributed by atoms with E-state index in [1.807, 2.05) is 13.0 Å². The first-order valence-corrected chi connectivity index (χ1v) is 4.56. The minimum atomic E-state index is -1.02. The van der Waals surface area contributed by atoms with Crippen molar-refractivity contribution in [1.29, 1.82) is 0 Å². The number of benzene rings is 1. The van der Waals surface area contributed by atoms with Gasteiger partial charge in [0.1, 0.15) is 6.04 Å². The van der Waals surface area contributed by atoms with Crippen LogP contribution in [0.15, 0.2) is 22.7 Å². The fourth-order valence-electron chi connectivity index (χ4n) is 1.04. The summed E-state index contributed by atoms with van der Waals surface area (Å²) in [5.74, 6) is -1.02. The molecule has 1 atom stereocenters. The van der Waals surface area contributed by atoms with Gasteiger partial charge >= 0.3 is 5.97 Å². The maximum absolute atomic E-state index is 10.6. The summed E-state index contributed by atoms with van der Waals surface area (Å²) in [5.41, 5.74) is 7.06. The molecule has 0 radical (unpaired) electrons. The van der Waals surface area contributed by atoms with Crippen LogP contribution >= 0.6 is 15.9 Å². The molecule has 0 heterocycles. The monoisotopic (exact) mass is 243 g/mol. The minimum Gasteiger partial charge on any atom is -0.480 e. The number of carboxylic acids is 1. The first-order chi connectivity index (χ1) is 6.04. The van der Waals surface area contributed by atoms with Gasteiger partial charge in [0.2, 0.25) is 0 Å². The highest BCUT2D eigenvalue weighted by Crippen LogP contribution is 2.25. The van der Waals surface area contributed by atoms with Crippen LogP contribution in [0.2, 0.25) is 0 Å². The second-order valence-electron chi connectivity index (χ2n) is 2.79. The van der Waals surface area contributed by atoms with Gasteiger partial charge in [-0.2, -0.15) is 0 Å². The van der Waals surface area contributed by atoms with E-state index in [1.165, 1.54) is 0 Å². The van der Waals surface area contributed by atoms with E-state index in [2.05, 4.69) is 15.9 Å². The molecule has 1 aromatic carbocycles. The molecule has 0 aliphatic carbocycles. The molecule has 3 N–H and O–H groups in total. The Morgan fingerprint density at radius 1 is 1.62 bits per heavy atom. The fourth-order valence-corrected chi connectivity index (χ4v) is 1.55. The average molecular weight is 244 g/mol. The van der Waals surface area contributed by atoms with Crippen LogP contribution in [-0.2, 0) is 4.79 Å². The van der Waals surface area contributed by atoms with Gasteiger partial charge in [-0.05, 0) is 18.1 Å². The number of halogens is 1. The van der Waals surface area contributed by atoms with E-state index in [1.54, 1.807) is 12.1 Å². The predicted molar refractivity (Wildman–Crippen MR) is 53.4 cm³/mol. The molecule has 3 nitrogen and oxygen atoms in total. The highest BCUT2D eigenvalue weighted by molar-refractivity contribution is 9.10. The van der Waals surface area contributed by atoms with Gasteiger partial charge in [-0.1, -0.05) is 34.1 Å². The van der Waals surface area contributed by atoms with Crippen molar-refractivity contribution in [2.45, 2.75) is 13.0 Å². The molecule has 0 aromatic heterocycles. The van der Waals surface area contributed by atoms with Crippen molar-refractivity contribution in [3.8, 4) is 0 Å². The van der Waals surface area contributed by atoms with E-state index in [9.17, 15) is 4.79 Å². The van der Waals surface area contributed by atoms with Gasteiger partial charge in [0.05, 0.1) is 0 Å². The number of carboxylic acid groups (broad SMARTS) is 1. The number of hydrogen-bond acceptors (Lipinski definition) is 2. The number of nitrogens with two attached hydrogens (primary N) is 1. The van der Waals surface area contributed by atoms with Crippen LogP contribution in [0, 0.1) is 6.92 Å². The summed E-state index contributed by atoms with van der Waals surface area (Å²) in [6.45, 7) is 1.89. The summed E-state index contributed by atoms with van der Waals surface area (Å²) in [7, 11) is 0. The van der Waals surface area contributed by atoms with Crippen molar-refractivity contribution in [3.63, 3.8) is 0 Å². The molecule has 0 amide bonds. The largest absolute Gasteiger partial charge is 0.480 e. The zero-order chi connectivity index (χ0) is 10.0. The summed E-state index contributed by atoms with van der Waals surface area (Å²) >= 11 is 3.31. The molecule has 0 aliphatic rings. The van der Waals surface area contributed by atoms with E-state index < -0.39 is 12.0 Å². The lowest BCUT2D eigenvalue weighted by molar-refractivity contribution is -0.138. The standard InChI is InChI=1S/C9H10BrNO2/c1-5-3-2-4-6(7(5)10)8(11)9(12)13/h2-4,8H,11H2,1H3,(H,12,13). The molecule has 4 heteroatoms. The SMILES string of the molecule is Cc1cccc(C(N)C(=O)O)c1Br. The normalized spacial score (nSPS) is 12.5. The van der Waals surface area contributed by atoms with E-state index in [0.29, 0.717) is 5.56 Å². The van der Waals surface area contributed by atoms with Gasteiger partial charge in [0, 0.05) is 4.47 Å². The van der Waals surface area contributed by atoms with Crippen LogP contribution in [0.1, 0.15) is 17.2 Å². The third-order valence-corrected chi connectivity index (χ3v) is 2.91. The molecular weight excluding hydrogens is 234 g/mol. The molecule has 1 aromatic rings. The maximum Gasteiger partial charge on any atom is 0.325 e.